The first-order valence-corrected chi connectivity index (χ1v) is 11.1. The van der Waals surface area contributed by atoms with Crippen LogP contribution >= 0.6 is 0 Å². The Labute approximate surface area is 175 Å². The number of hydrogen-bond donors (Lipinski definition) is 0. The van der Waals surface area contributed by atoms with Crippen molar-refractivity contribution < 1.29 is 18.7 Å². The fourth-order valence-electron chi connectivity index (χ4n) is 3.23. The minimum atomic E-state index is -3.20. The number of halogens is 1. The zero-order valence-corrected chi connectivity index (χ0v) is 17.4. The molecule has 3 aromatic rings. The molecule has 0 amide bonds. The smallest absolute Gasteiger partial charge is 0.268 e. The van der Waals surface area contributed by atoms with Gasteiger partial charge in [-0.3, -0.25) is 4.98 Å². The molecule has 0 bridgehead atoms. The minimum absolute atomic E-state index is 0. The van der Waals surface area contributed by atoms with E-state index in [0.717, 1.165) is 0 Å². The van der Waals surface area contributed by atoms with E-state index in [9.17, 15) is 12.8 Å². The van der Waals surface area contributed by atoms with Gasteiger partial charge in [0.05, 0.1) is 17.6 Å². The second-order valence-corrected chi connectivity index (χ2v) is 9.13. The average Bonchev–Trinajstić information content (AvgIpc) is 3.24. The SMILES string of the molecule is CCS(=O)(=O)N1CCN(c2cnc(C)c(-c3nnc(-c4cccc(F)c4)o3)n2)CC1.[HH]. The summed E-state index contributed by atoms with van der Waals surface area (Å²) in [5.74, 6) is 0.679. The van der Waals surface area contributed by atoms with Gasteiger partial charge in [0, 0.05) is 33.2 Å². The van der Waals surface area contributed by atoms with Gasteiger partial charge in [-0.25, -0.2) is 17.8 Å². The van der Waals surface area contributed by atoms with Crippen LogP contribution in [0.4, 0.5) is 10.2 Å². The van der Waals surface area contributed by atoms with Crippen molar-refractivity contribution in [3.05, 3.63) is 42.0 Å². The third-order valence-electron chi connectivity index (χ3n) is 4.96. The molecule has 1 saturated heterocycles. The summed E-state index contributed by atoms with van der Waals surface area (Å²) in [4.78, 5) is 11.0. The number of piperazine rings is 1. The molecule has 160 valence electrons. The third-order valence-corrected chi connectivity index (χ3v) is 6.84. The summed E-state index contributed by atoms with van der Waals surface area (Å²) in [5.41, 5.74) is 1.52. The Hall–Kier alpha value is -2.92. The second-order valence-electron chi connectivity index (χ2n) is 6.87. The summed E-state index contributed by atoms with van der Waals surface area (Å²) < 4.78 is 44.8. The third kappa shape index (κ3) is 4.03. The molecular weight excluding hydrogens is 411 g/mol. The van der Waals surface area contributed by atoms with Crippen LogP contribution in [0.1, 0.15) is 14.0 Å². The zero-order valence-electron chi connectivity index (χ0n) is 16.6. The molecule has 0 N–H and O–H groups in total. The Morgan fingerprint density at radius 2 is 1.90 bits per heavy atom. The van der Waals surface area contributed by atoms with Crippen LogP contribution in [-0.2, 0) is 10.0 Å². The van der Waals surface area contributed by atoms with Crippen molar-refractivity contribution in [3.63, 3.8) is 0 Å². The van der Waals surface area contributed by atoms with Crippen molar-refractivity contribution in [2.24, 2.45) is 0 Å². The van der Waals surface area contributed by atoms with E-state index in [4.69, 9.17) is 4.42 Å². The average molecular weight is 434 g/mol. The lowest BCUT2D eigenvalue weighted by atomic mass is 10.2. The van der Waals surface area contributed by atoms with Crippen LogP contribution in [-0.4, -0.2) is 64.8 Å². The standard InChI is InChI=1S/C19H21FN6O3S.H2/c1-3-30(27,28)26-9-7-25(8-10-26)16-12-21-13(2)17(22-16)19-24-23-18(29-19)14-5-4-6-15(20)11-14;/h4-6,11-12H,3,7-10H2,1-2H3;1H. The fraction of sp³-hybridized carbons (Fsp3) is 0.368. The van der Waals surface area contributed by atoms with Gasteiger partial charge in [-0.05, 0) is 32.0 Å². The van der Waals surface area contributed by atoms with E-state index in [2.05, 4.69) is 20.2 Å². The Balaban J connectivity index is 0.00000272. The molecule has 1 aromatic carbocycles. The summed E-state index contributed by atoms with van der Waals surface area (Å²) in [7, 11) is -3.20. The Morgan fingerprint density at radius 3 is 2.60 bits per heavy atom. The van der Waals surface area contributed by atoms with Gasteiger partial charge in [-0.15, -0.1) is 10.2 Å². The van der Waals surface area contributed by atoms with Crippen molar-refractivity contribution in [2.45, 2.75) is 13.8 Å². The maximum atomic E-state index is 13.5. The molecule has 11 heteroatoms. The summed E-state index contributed by atoms with van der Waals surface area (Å²) >= 11 is 0. The Kier molecular flexibility index (Phi) is 5.48. The molecule has 1 aliphatic rings. The van der Waals surface area contributed by atoms with Crippen LogP contribution in [0.2, 0.25) is 0 Å². The predicted molar refractivity (Wildman–Crippen MR) is 111 cm³/mol. The molecule has 0 aliphatic carbocycles. The van der Waals surface area contributed by atoms with E-state index < -0.39 is 15.8 Å². The zero-order chi connectivity index (χ0) is 21.3. The van der Waals surface area contributed by atoms with E-state index in [-0.39, 0.29) is 19.0 Å². The number of sulfonamides is 1. The summed E-state index contributed by atoms with van der Waals surface area (Å²) in [5, 5.41) is 8.04. The van der Waals surface area contributed by atoms with Crippen molar-refractivity contribution in [2.75, 3.05) is 36.8 Å². The van der Waals surface area contributed by atoms with Crippen LogP contribution in [0, 0.1) is 12.7 Å². The second kappa shape index (κ2) is 8.07. The van der Waals surface area contributed by atoms with E-state index >= 15 is 0 Å². The Bertz CT molecular complexity index is 1160. The van der Waals surface area contributed by atoms with Crippen LogP contribution < -0.4 is 4.90 Å². The first-order valence-electron chi connectivity index (χ1n) is 9.53. The molecular formula is C19H23FN6O3S. The topological polar surface area (TPSA) is 105 Å². The molecule has 30 heavy (non-hydrogen) atoms. The molecule has 2 aromatic heterocycles. The van der Waals surface area contributed by atoms with Crippen molar-refractivity contribution in [1.82, 2.24) is 24.5 Å². The highest BCUT2D eigenvalue weighted by Crippen LogP contribution is 2.26. The molecule has 0 radical (unpaired) electrons. The normalized spacial score (nSPS) is 15.5. The van der Waals surface area contributed by atoms with Gasteiger partial charge in [0.2, 0.25) is 15.9 Å². The van der Waals surface area contributed by atoms with Crippen molar-refractivity contribution in [3.8, 4) is 23.0 Å². The molecule has 0 atom stereocenters. The lowest BCUT2D eigenvalue weighted by molar-refractivity contribution is 0.384. The van der Waals surface area contributed by atoms with E-state index in [1.54, 1.807) is 32.2 Å². The van der Waals surface area contributed by atoms with Gasteiger partial charge in [0.1, 0.15) is 11.6 Å². The molecule has 0 unspecified atom stereocenters. The molecule has 0 saturated carbocycles. The van der Waals surface area contributed by atoms with Crippen molar-refractivity contribution >= 4 is 15.8 Å². The molecule has 1 aliphatic heterocycles. The van der Waals surface area contributed by atoms with Gasteiger partial charge in [-0.2, -0.15) is 4.31 Å². The lowest BCUT2D eigenvalue weighted by Gasteiger charge is -2.34. The molecule has 9 nitrogen and oxygen atoms in total. The van der Waals surface area contributed by atoms with Gasteiger partial charge in [0.15, 0.2) is 5.69 Å². The van der Waals surface area contributed by atoms with Gasteiger partial charge < -0.3 is 9.32 Å². The maximum absolute atomic E-state index is 13.5. The first kappa shape index (κ1) is 20.4. The highest BCUT2D eigenvalue weighted by atomic mass is 32.2. The molecule has 0 spiro atoms. The summed E-state index contributed by atoms with van der Waals surface area (Å²) in [6.45, 7) is 5.23. The maximum Gasteiger partial charge on any atom is 0.268 e. The lowest BCUT2D eigenvalue weighted by Crippen LogP contribution is -2.49. The van der Waals surface area contributed by atoms with Crippen LogP contribution in [0.5, 0.6) is 0 Å². The van der Waals surface area contributed by atoms with E-state index in [1.165, 1.54) is 16.4 Å². The van der Waals surface area contributed by atoms with Crippen LogP contribution in [0.25, 0.3) is 23.0 Å². The van der Waals surface area contributed by atoms with Crippen LogP contribution in [0.15, 0.2) is 34.9 Å². The monoisotopic (exact) mass is 434 g/mol. The molecule has 4 rings (SSSR count). The fourth-order valence-corrected chi connectivity index (χ4v) is 4.31. The Morgan fingerprint density at radius 1 is 1.17 bits per heavy atom. The number of hydrogen-bond acceptors (Lipinski definition) is 8. The number of anilines is 1. The van der Waals surface area contributed by atoms with Gasteiger partial charge in [0.25, 0.3) is 5.89 Å². The minimum Gasteiger partial charge on any atom is -0.415 e. The van der Waals surface area contributed by atoms with Gasteiger partial charge in [-0.1, -0.05) is 6.07 Å². The number of aryl methyl sites for hydroxylation is 1. The van der Waals surface area contributed by atoms with Gasteiger partial charge >= 0.3 is 0 Å². The number of nitrogens with zero attached hydrogens (tertiary/aromatic N) is 6. The summed E-state index contributed by atoms with van der Waals surface area (Å²) in [6.07, 6.45) is 1.65. The summed E-state index contributed by atoms with van der Waals surface area (Å²) in [6, 6.07) is 5.90. The van der Waals surface area contributed by atoms with E-state index in [0.29, 0.717) is 48.9 Å². The van der Waals surface area contributed by atoms with Crippen molar-refractivity contribution in [1.29, 1.82) is 0 Å². The molecule has 3 heterocycles. The predicted octanol–water partition coefficient (Wildman–Crippen LogP) is 2.36. The molecule has 1 fully saturated rings. The number of rotatable bonds is 5. The highest BCUT2D eigenvalue weighted by Gasteiger charge is 2.27. The number of benzene rings is 1. The van der Waals surface area contributed by atoms with E-state index in [1.807, 2.05) is 4.90 Å². The largest absolute Gasteiger partial charge is 0.415 e. The quantitative estimate of drug-likeness (QED) is 0.603. The van der Waals surface area contributed by atoms with Crippen LogP contribution in [0.3, 0.4) is 0 Å². The highest BCUT2D eigenvalue weighted by molar-refractivity contribution is 7.89. The first-order chi connectivity index (χ1) is 14.4. The number of aromatic nitrogens is 4.